The Labute approximate surface area is 198 Å². The highest BCUT2D eigenvalue weighted by atomic mass is 28.4. The number of unbranched alkanes of at least 4 members (excludes halogenated alkanes) is 3. The molecule has 0 fully saturated rings. The van der Waals surface area contributed by atoms with Crippen molar-refractivity contribution < 1.29 is 19.1 Å². The molecule has 1 rings (SSSR count). The van der Waals surface area contributed by atoms with Crippen LogP contribution in [0.1, 0.15) is 79.1 Å². The Hall–Kier alpha value is -1.17. The number of esters is 1. The Morgan fingerprint density at radius 3 is 2.50 bits per heavy atom. The van der Waals surface area contributed by atoms with E-state index in [2.05, 4.69) is 75.9 Å². The SMILES string of the molecule is CCCCC[C@@H](/C=C/[C@@H]1[C@@H](C/C=C\CCCC(=O)OC)C=C[C@@H]1O)O[Si](C)(C)C(C)(C)C. The fourth-order valence-corrected chi connectivity index (χ4v) is 5.00. The van der Waals surface area contributed by atoms with Crippen LogP contribution in [0.3, 0.4) is 0 Å². The van der Waals surface area contributed by atoms with Gasteiger partial charge >= 0.3 is 5.97 Å². The van der Waals surface area contributed by atoms with Gasteiger partial charge in [-0.25, -0.2) is 0 Å². The molecule has 0 heterocycles. The van der Waals surface area contributed by atoms with Crippen molar-refractivity contribution >= 4 is 14.3 Å². The van der Waals surface area contributed by atoms with Crippen LogP contribution in [-0.2, 0) is 14.0 Å². The van der Waals surface area contributed by atoms with Gasteiger partial charge in [0, 0.05) is 12.3 Å². The molecule has 0 saturated heterocycles. The zero-order valence-corrected chi connectivity index (χ0v) is 22.6. The normalized spacial score (nSPS) is 22.8. The molecule has 0 radical (unpaired) electrons. The zero-order valence-electron chi connectivity index (χ0n) is 21.6. The molecule has 32 heavy (non-hydrogen) atoms. The molecule has 5 heteroatoms. The van der Waals surface area contributed by atoms with E-state index in [1.165, 1.54) is 26.4 Å². The summed E-state index contributed by atoms with van der Waals surface area (Å²) in [5.74, 6) is 0.229. The number of carbonyl (C=O) groups excluding carboxylic acids is 1. The second-order valence-electron chi connectivity index (χ2n) is 10.6. The lowest BCUT2D eigenvalue weighted by molar-refractivity contribution is -0.140. The molecule has 0 spiro atoms. The number of ether oxygens (including phenoxy) is 1. The lowest BCUT2D eigenvalue weighted by atomic mass is 9.90. The van der Waals surface area contributed by atoms with Gasteiger partial charge in [-0.05, 0) is 49.7 Å². The summed E-state index contributed by atoms with van der Waals surface area (Å²) >= 11 is 0. The standard InChI is InChI=1S/C27H48O4Si/c1-8-9-12-16-23(31-32(6,7)27(2,3)4)19-20-24-22(18-21-25(24)28)15-13-10-11-14-17-26(29)30-5/h10,13,18-25,28H,8-9,11-12,14-17H2,1-7H3/b13-10-,20-19+/t22-,23-,24+,25-/m0/s1. The summed E-state index contributed by atoms with van der Waals surface area (Å²) in [5, 5.41) is 10.7. The highest BCUT2D eigenvalue weighted by Gasteiger charge is 2.38. The van der Waals surface area contributed by atoms with E-state index in [-0.39, 0.29) is 23.0 Å². The van der Waals surface area contributed by atoms with Crippen LogP contribution in [-0.4, -0.2) is 38.7 Å². The zero-order chi connectivity index (χ0) is 24.2. The first-order valence-corrected chi connectivity index (χ1v) is 15.4. The molecule has 0 aromatic carbocycles. The van der Waals surface area contributed by atoms with Crippen LogP contribution in [0.4, 0.5) is 0 Å². The number of hydrogen-bond acceptors (Lipinski definition) is 4. The first kappa shape index (κ1) is 28.9. The largest absolute Gasteiger partial charge is 0.469 e. The van der Waals surface area contributed by atoms with E-state index in [1.807, 2.05) is 6.08 Å². The molecular weight excluding hydrogens is 416 g/mol. The summed E-state index contributed by atoms with van der Waals surface area (Å²) in [6.07, 6.45) is 20.1. The average Bonchev–Trinajstić information content (AvgIpc) is 3.06. The van der Waals surface area contributed by atoms with Crippen molar-refractivity contribution in [2.45, 2.75) is 109 Å². The Bertz CT molecular complexity index is 630. The van der Waals surface area contributed by atoms with Crippen molar-refractivity contribution in [2.24, 2.45) is 11.8 Å². The smallest absolute Gasteiger partial charge is 0.305 e. The van der Waals surface area contributed by atoms with Gasteiger partial charge in [0.05, 0.1) is 19.3 Å². The van der Waals surface area contributed by atoms with E-state index >= 15 is 0 Å². The minimum Gasteiger partial charge on any atom is -0.469 e. The average molecular weight is 465 g/mol. The second-order valence-corrected chi connectivity index (χ2v) is 15.3. The topological polar surface area (TPSA) is 55.8 Å². The van der Waals surface area contributed by atoms with Crippen LogP contribution < -0.4 is 0 Å². The van der Waals surface area contributed by atoms with E-state index in [9.17, 15) is 9.90 Å². The van der Waals surface area contributed by atoms with Crippen LogP contribution in [0.25, 0.3) is 0 Å². The van der Waals surface area contributed by atoms with Gasteiger partial charge in [0.2, 0.25) is 0 Å². The van der Waals surface area contributed by atoms with Crippen molar-refractivity contribution in [2.75, 3.05) is 7.11 Å². The Morgan fingerprint density at radius 2 is 1.88 bits per heavy atom. The molecule has 4 nitrogen and oxygen atoms in total. The molecule has 1 aliphatic carbocycles. The molecule has 184 valence electrons. The molecule has 0 saturated carbocycles. The minimum atomic E-state index is -1.86. The number of rotatable bonds is 14. The summed E-state index contributed by atoms with van der Waals surface area (Å²) in [5.41, 5.74) is 0. The molecular formula is C27H48O4Si. The van der Waals surface area contributed by atoms with Gasteiger partial charge in [0.15, 0.2) is 8.32 Å². The lowest BCUT2D eigenvalue weighted by Crippen LogP contribution is -2.43. The molecule has 4 atom stereocenters. The van der Waals surface area contributed by atoms with Crippen LogP contribution in [0, 0.1) is 11.8 Å². The monoisotopic (exact) mass is 464 g/mol. The summed E-state index contributed by atoms with van der Waals surface area (Å²) in [6, 6.07) is 0. The number of methoxy groups -OCH3 is 1. The summed E-state index contributed by atoms with van der Waals surface area (Å²) in [6.45, 7) is 13.7. The number of aliphatic hydroxyl groups excluding tert-OH is 1. The van der Waals surface area contributed by atoms with E-state index in [1.54, 1.807) is 0 Å². The molecule has 0 aromatic rings. The highest BCUT2D eigenvalue weighted by molar-refractivity contribution is 6.74. The highest BCUT2D eigenvalue weighted by Crippen LogP contribution is 2.38. The molecule has 0 unspecified atom stereocenters. The van der Waals surface area contributed by atoms with E-state index in [0.717, 1.165) is 25.7 Å². The minimum absolute atomic E-state index is 0.0893. The van der Waals surface area contributed by atoms with Crippen molar-refractivity contribution in [1.82, 2.24) is 0 Å². The fraction of sp³-hybridized carbons (Fsp3) is 0.741. The van der Waals surface area contributed by atoms with Gasteiger partial charge in [-0.3, -0.25) is 4.79 Å². The maximum atomic E-state index is 11.2. The second kappa shape index (κ2) is 14.2. The molecule has 1 N–H and O–H groups in total. The van der Waals surface area contributed by atoms with Gasteiger partial charge in [0.25, 0.3) is 0 Å². The van der Waals surface area contributed by atoms with Crippen molar-refractivity contribution in [1.29, 1.82) is 0 Å². The summed E-state index contributed by atoms with van der Waals surface area (Å²) in [4.78, 5) is 11.2. The predicted octanol–water partition coefficient (Wildman–Crippen LogP) is 6.97. The van der Waals surface area contributed by atoms with Crippen LogP contribution in [0.5, 0.6) is 0 Å². The van der Waals surface area contributed by atoms with Crippen LogP contribution >= 0.6 is 0 Å². The van der Waals surface area contributed by atoms with E-state index < -0.39 is 14.4 Å². The number of aliphatic hydroxyl groups is 1. The van der Waals surface area contributed by atoms with Gasteiger partial charge in [-0.1, -0.05) is 83.4 Å². The maximum Gasteiger partial charge on any atom is 0.305 e. The quantitative estimate of drug-likeness (QED) is 0.131. The van der Waals surface area contributed by atoms with Crippen molar-refractivity contribution in [3.05, 3.63) is 36.5 Å². The van der Waals surface area contributed by atoms with E-state index in [0.29, 0.717) is 12.3 Å². The fourth-order valence-electron chi connectivity index (χ4n) is 3.69. The summed E-state index contributed by atoms with van der Waals surface area (Å²) in [7, 11) is -0.431. The number of allylic oxidation sites excluding steroid dienone is 3. The third kappa shape index (κ3) is 10.2. The first-order valence-electron chi connectivity index (χ1n) is 12.5. The van der Waals surface area contributed by atoms with Crippen LogP contribution in [0.2, 0.25) is 18.1 Å². The van der Waals surface area contributed by atoms with Crippen molar-refractivity contribution in [3.63, 3.8) is 0 Å². The molecule has 0 bridgehead atoms. The number of carbonyl (C=O) groups is 1. The number of hydrogen-bond donors (Lipinski definition) is 1. The third-order valence-corrected chi connectivity index (χ3v) is 11.4. The Morgan fingerprint density at radius 1 is 1.16 bits per heavy atom. The first-order chi connectivity index (χ1) is 15.0. The molecule has 1 aliphatic rings. The Balaban J connectivity index is 2.71. The van der Waals surface area contributed by atoms with Crippen LogP contribution in [0.15, 0.2) is 36.5 Å². The lowest BCUT2D eigenvalue weighted by Gasteiger charge is -2.39. The molecule has 0 aliphatic heterocycles. The molecule has 0 amide bonds. The van der Waals surface area contributed by atoms with Gasteiger partial charge < -0.3 is 14.3 Å². The molecule has 0 aromatic heterocycles. The van der Waals surface area contributed by atoms with Crippen molar-refractivity contribution in [3.8, 4) is 0 Å². The van der Waals surface area contributed by atoms with Gasteiger partial charge in [0.1, 0.15) is 0 Å². The van der Waals surface area contributed by atoms with Gasteiger partial charge in [-0.15, -0.1) is 0 Å². The van der Waals surface area contributed by atoms with E-state index in [4.69, 9.17) is 4.43 Å². The summed E-state index contributed by atoms with van der Waals surface area (Å²) < 4.78 is 11.4. The predicted molar refractivity (Wildman–Crippen MR) is 137 cm³/mol. The van der Waals surface area contributed by atoms with Gasteiger partial charge in [-0.2, -0.15) is 0 Å². The third-order valence-electron chi connectivity index (χ3n) is 6.89. The Kier molecular flexibility index (Phi) is 12.8. The maximum absolute atomic E-state index is 11.2.